The fourth-order valence-corrected chi connectivity index (χ4v) is 2.65. The highest BCUT2D eigenvalue weighted by Gasteiger charge is 2.19. The number of phenols is 1. The molecule has 28 heavy (non-hydrogen) atoms. The third-order valence-corrected chi connectivity index (χ3v) is 4.14. The molecule has 3 rings (SSSR count). The molecule has 0 saturated heterocycles. The monoisotopic (exact) mass is 392 g/mol. The topological polar surface area (TPSA) is 91.4 Å². The molecular weight excluding hydrogens is 374 g/mol. The van der Waals surface area contributed by atoms with E-state index in [-0.39, 0.29) is 29.4 Å². The van der Waals surface area contributed by atoms with E-state index in [9.17, 15) is 18.7 Å². The van der Waals surface area contributed by atoms with Crippen molar-refractivity contribution < 1.29 is 23.4 Å². The Bertz CT molecular complexity index is 1060. The first-order chi connectivity index (χ1) is 13.3. The summed E-state index contributed by atoms with van der Waals surface area (Å²) in [5.74, 6) is 0.441. The van der Waals surface area contributed by atoms with Gasteiger partial charge in [-0.05, 0) is 59.7 Å². The maximum absolute atomic E-state index is 12.9. The van der Waals surface area contributed by atoms with Crippen LogP contribution in [0.25, 0.3) is 5.69 Å². The van der Waals surface area contributed by atoms with Crippen LogP contribution in [0.2, 0.25) is 0 Å². The van der Waals surface area contributed by atoms with Gasteiger partial charge in [0.1, 0.15) is 23.9 Å². The van der Waals surface area contributed by atoms with E-state index in [1.165, 1.54) is 25.2 Å². The van der Waals surface area contributed by atoms with E-state index in [0.717, 1.165) is 9.36 Å². The van der Waals surface area contributed by atoms with Crippen molar-refractivity contribution in [3.8, 4) is 22.9 Å². The number of ether oxygens (including phenoxy) is 2. The van der Waals surface area contributed by atoms with E-state index in [2.05, 4.69) is 15.2 Å². The van der Waals surface area contributed by atoms with Gasteiger partial charge in [-0.3, -0.25) is 0 Å². The molecule has 0 unspecified atom stereocenters. The number of halogens is 2. The number of benzene rings is 2. The first-order valence-corrected chi connectivity index (χ1v) is 8.27. The summed E-state index contributed by atoms with van der Waals surface area (Å²) >= 11 is 0. The zero-order chi connectivity index (χ0) is 20.4. The molecule has 0 saturated carbocycles. The Labute approximate surface area is 158 Å². The molecule has 148 valence electrons. The van der Waals surface area contributed by atoms with Gasteiger partial charge in [0.2, 0.25) is 0 Å². The molecule has 0 aliphatic carbocycles. The largest absolute Gasteiger partial charge is 0.508 e. The molecule has 1 aromatic heterocycles. The maximum Gasteiger partial charge on any atom is 0.387 e. The van der Waals surface area contributed by atoms with Crippen LogP contribution in [0, 0.1) is 13.8 Å². The third-order valence-electron chi connectivity index (χ3n) is 4.14. The normalized spacial score (nSPS) is 11.1. The van der Waals surface area contributed by atoms with Crippen LogP contribution in [0.3, 0.4) is 0 Å². The van der Waals surface area contributed by atoms with E-state index in [1.54, 1.807) is 26.0 Å². The summed E-state index contributed by atoms with van der Waals surface area (Å²) in [6.45, 7) is 0.224. The number of phenolic OH excluding ortho intramolecular Hbond substituents is 1. The molecule has 1 N–H and O–H groups in total. The summed E-state index contributed by atoms with van der Waals surface area (Å²) in [6.07, 6.45) is 0. The molecule has 0 bridgehead atoms. The van der Waals surface area contributed by atoms with Gasteiger partial charge in [0.15, 0.2) is 0 Å². The van der Waals surface area contributed by atoms with Crippen molar-refractivity contribution >= 4 is 0 Å². The highest BCUT2D eigenvalue weighted by atomic mass is 19.3. The lowest BCUT2D eigenvalue weighted by molar-refractivity contribution is -0.0508. The van der Waals surface area contributed by atoms with E-state index in [0.29, 0.717) is 16.9 Å². The first kappa shape index (κ1) is 19.3. The lowest BCUT2D eigenvalue weighted by Crippen LogP contribution is -2.23. The lowest BCUT2D eigenvalue weighted by Gasteiger charge is -2.16. The number of aromatic hydroxyl groups is 1. The molecule has 0 aliphatic heterocycles. The number of nitrogens with zero attached hydrogens (tertiary/aromatic N) is 4. The number of aromatic nitrogens is 4. The molecule has 0 atom stereocenters. The van der Waals surface area contributed by atoms with Crippen molar-refractivity contribution in [3.63, 3.8) is 0 Å². The molecule has 1 heterocycles. The van der Waals surface area contributed by atoms with E-state index >= 15 is 0 Å². The van der Waals surface area contributed by atoms with Crippen molar-refractivity contribution in [1.82, 2.24) is 19.8 Å². The summed E-state index contributed by atoms with van der Waals surface area (Å²) in [5.41, 5.74) is 1.13. The van der Waals surface area contributed by atoms with E-state index in [4.69, 9.17) is 4.74 Å². The van der Waals surface area contributed by atoms with Gasteiger partial charge in [-0.15, -0.1) is 0 Å². The van der Waals surface area contributed by atoms with Crippen LogP contribution in [0.1, 0.15) is 16.7 Å². The fraction of sp³-hybridized carbons (Fsp3) is 0.278. The summed E-state index contributed by atoms with van der Waals surface area (Å²) in [7, 11) is 1.42. The zero-order valence-corrected chi connectivity index (χ0v) is 15.4. The highest BCUT2D eigenvalue weighted by Crippen LogP contribution is 2.31. The van der Waals surface area contributed by atoms with E-state index in [1.807, 2.05) is 0 Å². The van der Waals surface area contributed by atoms with Gasteiger partial charge in [-0.25, -0.2) is 4.79 Å². The van der Waals surface area contributed by atoms with Crippen LogP contribution in [0.4, 0.5) is 8.78 Å². The van der Waals surface area contributed by atoms with Gasteiger partial charge in [-0.1, -0.05) is 6.07 Å². The second kappa shape index (κ2) is 7.67. The zero-order valence-electron chi connectivity index (χ0n) is 15.4. The second-order valence-electron chi connectivity index (χ2n) is 6.12. The first-order valence-electron chi connectivity index (χ1n) is 8.27. The molecule has 10 heteroatoms. The number of hydrogen-bond donors (Lipinski definition) is 1. The minimum Gasteiger partial charge on any atom is -0.508 e. The van der Waals surface area contributed by atoms with Gasteiger partial charge in [0.05, 0.1) is 11.3 Å². The molecule has 0 amide bonds. The minimum atomic E-state index is -3.05. The number of alkyl halides is 2. The molecule has 0 radical (unpaired) electrons. The smallest absolute Gasteiger partial charge is 0.387 e. The molecule has 2 aromatic carbocycles. The quantitative estimate of drug-likeness (QED) is 0.693. The van der Waals surface area contributed by atoms with Gasteiger partial charge in [-0.2, -0.15) is 18.1 Å². The predicted octanol–water partition coefficient (Wildman–Crippen LogP) is 2.47. The van der Waals surface area contributed by atoms with Crippen molar-refractivity contribution in [2.24, 2.45) is 7.05 Å². The molecule has 0 spiro atoms. The Morgan fingerprint density at radius 1 is 1.14 bits per heavy atom. The molecular formula is C18H18F2N4O4. The second-order valence-corrected chi connectivity index (χ2v) is 6.12. The van der Waals surface area contributed by atoms with Crippen LogP contribution in [-0.4, -0.2) is 31.5 Å². The Kier molecular flexibility index (Phi) is 5.30. The number of aryl methyl sites for hydroxylation is 3. The van der Waals surface area contributed by atoms with Crippen LogP contribution >= 0.6 is 0 Å². The van der Waals surface area contributed by atoms with Crippen molar-refractivity contribution in [2.75, 3.05) is 0 Å². The van der Waals surface area contributed by atoms with Gasteiger partial charge >= 0.3 is 12.3 Å². The number of hydrogen-bond acceptors (Lipinski definition) is 6. The van der Waals surface area contributed by atoms with E-state index < -0.39 is 12.3 Å². The summed E-state index contributed by atoms with van der Waals surface area (Å²) in [6, 6.07) is 7.52. The van der Waals surface area contributed by atoms with Gasteiger partial charge < -0.3 is 14.6 Å². The van der Waals surface area contributed by atoms with Crippen LogP contribution in [0.15, 0.2) is 35.1 Å². The number of rotatable bonds is 6. The number of tetrazole rings is 1. The summed E-state index contributed by atoms with van der Waals surface area (Å²) in [5, 5.41) is 17.2. The van der Waals surface area contributed by atoms with Crippen LogP contribution < -0.4 is 15.2 Å². The average Bonchev–Trinajstić information content (AvgIpc) is 2.96. The fourth-order valence-electron chi connectivity index (χ4n) is 2.65. The molecule has 0 aliphatic rings. The van der Waals surface area contributed by atoms with Crippen molar-refractivity contribution in [2.45, 2.75) is 27.1 Å². The highest BCUT2D eigenvalue weighted by molar-refractivity contribution is 5.50. The van der Waals surface area contributed by atoms with Crippen LogP contribution in [-0.2, 0) is 13.7 Å². The SMILES string of the molecule is Cc1cc(OCc2c(OC(F)F)cccc2-n2nnn(C)c2=O)c(C)cc1O. The molecule has 0 fully saturated rings. The maximum atomic E-state index is 12.9. The van der Waals surface area contributed by atoms with Crippen molar-refractivity contribution in [3.05, 3.63) is 57.5 Å². The Morgan fingerprint density at radius 2 is 1.89 bits per heavy atom. The average molecular weight is 392 g/mol. The Hall–Kier alpha value is -3.43. The summed E-state index contributed by atoms with van der Waals surface area (Å²) < 4.78 is 38.1. The van der Waals surface area contributed by atoms with Gasteiger partial charge in [0.25, 0.3) is 0 Å². The minimum absolute atomic E-state index is 0.123. The van der Waals surface area contributed by atoms with Crippen LogP contribution in [0.5, 0.6) is 17.2 Å². The molecule has 8 nitrogen and oxygen atoms in total. The summed E-state index contributed by atoms with van der Waals surface area (Å²) in [4.78, 5) is 12.2. The van der Waals surface area contributed by atoms with Crippen molar-refractivity contribution in [1.29, 1.82) is 0 Å². The standard InChI is InChI=1S/C18H18F2N4O4/c1-10-8-16(11(2)7-14(10)25)27-9-12-13(24-18(26)23(3)21-22-24)5-4-6-15(12)28-17(19)20/h4-8,17,25H,9H2,1-3H3. The lowest BCUT2D eigenvalue weighted by atomic mass is 10.1. The predicted molar refractivity (Wildman–Crippen MR) is 95.1 cm³/mol. The third kappa shape index (κ3) is 3.80. The Morgan fingerprint density at radius 3 is 2.54 bits per heavy atom. The van der Waals surface area contributed by atoms with Gasteiger partial charge in [0, 0.05) is 7.05 Å². The Balaban J connectivity index is 2.03. The molecule has 3 aromatic rings.